The summed E-state index contributed by atoms with van der Waals surface area (Å²) in [6.07, 6.45) is 18.2. The molecular formula is C45H89O19P3. The second kappa shape index (κ2) is 37.9. The van der Waals surface area contributed by atoms with Gasteiger partial charge in [0.2, 0.25) is 0 Å². The Morgan fingerprint density at radius 1 is 0.418 bits per heavy atom. The molecule has 1 aliphatic carbocycles. The largest absolute Gasteiger partial charge is 0.472 e. The Kier molecular flexibility index (Phi) is 36.3. The number of carbonyl (C=O) groups excluding carboxylic acids is 2. The van der Waals surface area contributed by atoms with E-state index in [4.69, 9.17) is 18.5 Å². The average molecular weight is 1030 g/mol. The van der Waals surface area contributed by atoms with Crippen molar-refractivity contribution >= 4 is 35.4 Å². The standard InChI is InChI=1S/C45H89O19P3/c1-3-5-7-9-11-13-15-17-19-21-23-25-27-29-31-33-38(46)59-35-37(61-39(47)34-32-30-28-26-24-22-20-18-16-14-12-10-8-6-4-2)36-60-67(57,58)64-43-40(48)41(49)44(62-65(51,52)53)45(42(43)50)63-66(54,55)56/h37,40-45,48-50H,3-36H2,1-2H3,(H,57,58)(H2,51,52,53)(H2,54,55,56)/t37?,40-,41-,42+,43+,44+,45+/m1/s1. The predicted octanol–water partition coefficient (Wildman–Crippen LogP) is 9.52. The zero-order valence-electron chi connectivity index (χ0n) is 40.5. The fourth-order valence-corrected chi connectivity index (χ4v) is 10.2. The van der Waals surface area contributed by atoms with Crippen LogP contribution in [0.15, 0.2) is 0 Å². The summed E-state index contributed by atoms with van der Waals surface area (Å²) in [6.45, 7) is 2.98. The van der Waals surface area contributed by atoms with Gasteiger partial charge in [-0.2, -0.15) is 0 Å². The van der Waals surface area contributed by atoms with Crippen LogP contribution in [0.4, 0.5) is 0 Å². The van der Waals surface area contributed by atoms with Crippen molar-refractivity contribution in [3.05, 3.63) is 0 Å². The summed E-state index contributed by atoms with van der Waals surface area (Å²) in [4.78, 5) is 73.3. The van der Waals surface area contributed by atoms with Crippen molar-refractivity contribution in [2.24, 2.45) is 0 Å². The zero-order chi connectivity index (χ0) is 50.0. The van der Waals surface area contributed by atoms with E-state index in [0.29, 0.717) is 12.8 Å². The summed E-state index contributed by atoms with van der Waals surface area (Å²) in [6, 6.07) is 0. The third kappa shape index (κ3) is 34.2. The van der Waals surface area contributed by atoms with Gasteiger partial charge < -0.3 is 49.3 Å². The van der Waals surface area contributed by atoms with Gasteiger partial charge in [-0.3, -0.25) is 27.7 Å². The maximum atomic E-state index is 13.1. The number of hydrogen-bond acceptors (Lipinski definition) is 14. The fourth-order valence-electron chi connectivity index (χ4n) is 8.11. The van der Waals surface area contributed by atoms with Crippen LogP contribution in [0.3, 0.4) is 0 Å². The molecule has 1 aliphatic rings. The number of aliphatic hydroxyl groups excluding tert-OH is 3. The molecule has 1 saturated carbocycles. The van der Waals surface area contributed by atoms with E-state index in [2.05, 4.69) is 22.9 Å². The van der Waals surface area contributed by atoms with E-state index < -0.39 is 91.3 Å². The zero-order valence-corrected chi connectivity index (χ0v) is 43.2. The minimum atomic E-state index is -5.60. The molecule has 0 amide bonds. The van der Waals surface area contributed by atoms with Crippen LogP contribution in [0, 0.1) is 0 Å². The first-order valence-electron chi connectivity index (χ1n) is 25.3. The first-order chi connectivity index (χ1) is 31.8. The van der Waals surface area contributed by atoms with Crippen LogP contribution in [0.5, 0.6) is 0 Å². The van der Waals surface area contributed by atoms with E-state index in [9.17, 15) is 63.1 Å². The van der Waals surface area contributed by atoms with Gasteiger partial charge in [-0.25, -0.2) is 13.7 Å². The van der Waals surface area contributed by atoms with Crippen LogP contribution in [-0.4, -0.2) is 108 Å². The van der Waals surface area contributed by atoms with Crippen molar-refractivity contribution in [2.45, 2.75) is 262 Å². The SMILES string of the molecule is CCCCCCCCCCCCCCCCCC(=O)OCC(COP(=O)(O)O[C@H]1[C@H](O)[C@@H](O)[C@H](OP(=O)(O)O)[C@@H](OP(=O)(O)O)[C@H]1O)OC(=O)CCCCCCCCCCCCCCCCC. The summed E-state index contributed by atoms with van der Waals surface area (Å²) in [5, 5.41) is 31.9. The molecule has 8 atom stereocenters. The van der Waals surface area contributed by atoms with Gasteiger partial charge in [-0.05, 0) is 12.8 Å². The second-order valence-corrected chi connectivity index (χ2v) is 21.9. The maximum absolute atomic E-state index is 13.1. The van der Waals surface area contributed by atoms with E-state index in [-0.39, 0.29) is 12.8 Å². The highest BCUT2D eigenvalue weighted by atomic mass is 31.2. The summed E-state index contributed by atoms with van der Waals surface area (Å²) >= 11 is 0. The van der Waals surface area contributed by atoms with Crippen molar-refractivity contribution in [2.75, 3.05) is 13.2 Å². The highest BCUT2D eigenvalue weighted by Crippen LogP contribution is 2.51. The number of hydrogen-bond donors (Lipinski definition) is 8. The molecular weight excluding hydrogens is 937 g/mol. The van der Waals surface area contributed by atoms with Gasteiger partial charge in [-0.1, -0.05) is 194 Å². The molecule has 0 aromatic carbocycles. The Balaban J connectivity index is 2.69. The van der Waals surface area contributed by atoms with Crippen LogP contribution < -0.4 is 0 Å². The van der Waals surface area contributed by atoms with E-state index in [1.807, 2.05) is 0 Å². The lowest BCUT2D eigenvalue weighted by Crippen LogP contribution is -2.65. The Morgan fingerprint density at radius 2 is 0.731 bits per heavy atom. The van der Waals surface area contributed by atoms with Crippen molar-refractivity contribution in [1.29, 1.82) is 0 Å². The van der Waals surface area contributed by atoms with Gasteiger partial charge in [0.05, 0.1) is 6.61 Å². The maximum Gasteiger partial charge on any atom is 0.472 e. The molecule has 67 heavy (non-hydrogen) atoms. The monoisotopic (exact) mass is 1030 g/mol. The van der Waals surface area contributed by atoms with Crippen LogP contribution in [0.1, 0.15) is 219 Å². The minimum absolute atomic E-state index is 0.00622. The molecule has 22 heteroatoms. The van der Waals surface area contributed by atoms with Gasteiger partial charge in [0, 0.05) is 12.8 Å². The topological polar surface area (TPSA) is 303 Å². The first-order valence-corrected chi connectivity index (χ1v) is 29.9. The molecule has 0 bridgehead atoms. The molecule has 0 spiro atoms. The van der Waals surface area contributed by atoms with E-state index >= 15 is 0 Å². The Hall–Kier alpha value is -0.850. The number of ether oxygens (including phenoxy) is 2. The van der Waals surface area contributed by atoms with Gasteiger partial charge in [0.1, 0.15) is 43.2 Å². The molecule has 398 valence electrons. The summed E-state index contributed by atoms with van der Waals surface area (Å²) in [5.41, 5.74) is 0. The normalized spacial score (nSPS) is 21.5. The third-order valence-corrected chi connectivity index (χ3v) is 13.9. The van der Waals surface area contributed by atoms with Crippen molar-refractivity contribution < 1.29 is 90.6 Å². The third-order valence-electron chi connectivity index (χ3n) is 11.9. The van der Waals surface area contributed by atoms with Crippen molar-refractivity contribution in [3.8, 4) is 0 Å². The summed E-state index contributed by atoms with van der Waals surface area (Å²) in [7, 11) is -16.6. The minimum Gasteiger partial charge on any atom is -0.462 e. The quantitative estimate of drug-likeness (QED) is 0.0160. The Bertz CT molecular complexity index is 1410. The Morgan fingerprint density at radius 3 is 1.09 bits per heavy atom. The molecule has 0 aromatic heterocycles. The molecule has 0 aromatic rings. The average Bonchev–Trinajstić information content (AvgIpc) is 3.25. The molecule has 1 fully saturated rings. The first kappa shape index (κ1) is 64.2. The number of rotatable bonds is 44. The number of aliphatic hydroxyl groups is 3. The fraction of sp³-hybridized carbons (Fsp3) is 0.956. The summed E-state index contributed by atoms with van der Waals surface area (Å²) < 4.78 is 65.6. The lowest BCUT2D eigenvalue weighted by atomic mass is 9.85. The molecule has 0 radical (unpaired) electrons. The summed E-state index contributed by atoms with van der Waals surface area (Å²) in [5.74, 6) is -1.28. The van der Waals surface area contributed by atoms with Crippen LogP contribution >= 0.6 is 23.5 Å². The van der Waals surface area contributed by atoms with Crippen molar-refractivity contribution in [1.82, 2.24) is 0 Å². The smallest absolute Gasteiger partial charge is 0.462 e. The van der Waals surface area contributed by atoms with Crippen LogP contribution in [-0.2, 0) is 50.9 Å². The molecule has 1 rings (SSSR count). The highest BCUT2D eigenvalue weighted by molar-refractivity contribution is 7.47. The van der Waals surface area contributed by atoms with Gasteiger partial charge in [-0.15, -0.1) is 0 Å². The van der Waals surface area contributed by atoms with E-state index in [0.717, 1.165) is 51.4 Å². The van der Waals surface area contributed by atoms with Gasteiger partial charge >= 0.3 is 35.4 Å². The number of phosphoric acid groups is 3. The molecule has 0 aliphatic heterocycles. The van der Waals surface area contributed by atoms with Crippen molar-refractivity contribution in [3.63, 3.8) is 0 Å². The number of phosphoric ester groups is 3. The molecule has 19 nitrogen and oxygen atoms in total. The molecule has 0 saturated heterocycles. The predicted molar refractivity (Wildman–Crippen MR) is 252 cm³/mol. The van der Waals surface area contributed by atoms with Crippen LogP contribution in [0.25, 0.3) is 0 Å². The number of unbranched alkanes of at least 4 members (excludes halogenated alkanes) is 28. The number of esters is 2. The molecule has 2 unspecified atom stereocenters. The van der Waals surface area contributed by atoms with Gasteiger partial charge in [0.15, 0.2) is 6.10 Å². The van der Waals surface area contributed by atoms with Crippen LogP contribution in [0.2, 0.25) is 0 Å². The van der Waals surface area contributed by atoms with E-state index in [1.165, 1.54) is 128 Å². The molecule has 8 N–H and O–H groups in total. The second-order valence-electron chi connectivity index (χ2n) is 18.1. The Labute approximate surface area is 400 Å². The van der Waals surface area contributed by atoms with E-state index in [1.54, 1.807) is 0 Å². The van der Waals surface area contributed by atoms with Gasteiger partial charge in [0.25, 0.3) is 0 Å². The number of carbonyl (C=O) groups is 2. The highest BCUT2D eigenvalue weighted by Gasteiger charge is 2.56. The lowest BCUT2D eigenvalue weighted by molar-refractivity contribution is -0.213. The lowest BCUT2D eigenvalue weighted by Gasteiger charge is -2.44. The molecule has 0 heterocycles.